The Morgan fingerprint density at radius 1 is 1.00 bits per heavy atom. The van der Waals surface area contributed by atoms with E-state index in [0.717, 1.165) is 11.4 Å². The van der Waals surface area contributed by atoms with Gasteiger partial charge in [-0.15, -0.1) is 0 Å². The molecule has 1 aromatic heterocycles. The maximum Gasteiger partial charge on any atom is 0.273 e. The summed E-state index contributed by atoms with van der Waals surface area (Å²) in [5.74, 6) is -0.164. The van der Waals surface area contributed by atoms with Crippen LogP contribution in [0.3, 0.4) is 0 Å². The fourth-order valence-corrected chi connectivity index (χ4v) is 3.17. The minimum atomic E-state index is -0.529. The molecular formula is C22H21N3O5. The van der Waals surface area contributed by atoms with Crippen LogP contribution in [0.2, 0.25) is 0 Å². The Kier molecular flexibility index (Phi) is 5.96. The van der Waals surface area contributed by atoms with Gasteiger partial charge in [-0.05, 0) is 50.2 Å². The first-order chi connectivity index (χ1) is 14.3. The zero-order valence-electron chi connectivity index (χ0n) is 16.9. The molecule has 0 spiro atoms. The molecule has 0 saturated heterocycles. The maximum atomic E-state index is 13.3. The van der Waals surface area contributed by atoms with E-state index in [1.807, 2.05) is 26.0 Å². The van der Waals surface area contributed by atoms with Crippen LogP contribution in [-0.4, -0.2) is 34.9 Å². The molecule has 2 aromatic carbocycles. The van der Waals surface area contributed by atoms with E-state index in [0.29, 0.717) is 11.3 Å². The summed E-state index contributed by atoms with van der Waals surface area (Å²) >= 11 is 0. The quantitative estimate of drug-likeness (QED) is 0.338. The van der Waals surface area contributed by atoms with Gasteiger partial charge in [0.15, 0.2) is 5.78 Å². The predicted octanol–water partition coefficient (Wildman–Crippen LogP) is 3.68. The highest BCUT2D eigenvalue weighted by atomic mass is 16.6. The number of amides is 1. The van der Waals surface area contributed by atoms with Gasteiger partial charge < -0.3 is 4.74 Å². The minimum Gasteiger partial charge on any atom is -0.497 e. The van der Waals surface area contributed by atoms with Crippen LogP contribution in [0.15, 0.2) is 60.7 Å². The monoisotopic (exact) mass is 407 g/mol. The lowest BCUT2D eigenvalue weighted by molar-refractivity contribution is -0.384. The van der Waals surface area contributed by atoms with E-state index in [1.54, 1.807) is 28.9 Å². The number of rotatable bonds is 7. The third kappa shape index (κ3) is 4.22. The second-order valence-corrected chi connectivity index (χ2v) is 6.75. The average Bonchev–Trinajstić information content (AvgIpc) is 3.09. The molecule has 0 aliphatic rings. The number of benzene rings is 2. The van der Waals surface area contributed by atoms with E-state index >= 15 is 0 Å². The summed E-state index contributed by atoms with van der Waals surface area (Å²) in [4.78, 5) is 36.6. The van der Waals surface area contributed by atoms with Gasteiger partial charge in [0, 0.05) is 34.6 Å². The van der Waals surface area contributed by atoms with Crippen molar-refractivity contribution in [3.8, 4) is 5.75 Å². The van der Waals surface area contributed by atoms with Crippen LogP contribution in [0.4, 0.5) is 5.69 Å². The first kappa shape index (κ1) is 20.8. The number of ketones is 1. The van der Waals surface area contributed by atoms with Gasteiger partial charge >= 0.3 is 0 Å². The Hall–Kier alpha value is -3.94. The number of carbonyl (C=O) groups excluding carboxylic acids is 2. The fourth-order valence-electron chi connectivity index (χ4n) is 3.17. The molecule has 0 aliphatic heterocycles. The fraction of sp³-hybridized carbons (Fsp3) is 0.182. The van der Waals surface area contributed by atoms with E-state index in [-0.39, 0.29) is 23.6 Å². The standard InChI is InChI=1S/C22H21N3O5/c1-15-7-8-16(2)24(15)23(14-21(26)18-5-4-6-20(13-18)30-3)22(27)17-9-11-19(12-10-17)25(28)29/h4-13H,14H2,1-3H3. The third-order valence-corrected chi connectivity index (χ3v) is 4.72. The van der Waals surface area contributed by atoms with Crippen molar-refractivity contribution in [2.45, 2.75) is 13.8 Å². The molecule has 1 heterocycles. The van der Waals surface area contributed by atoms with Gasteiger partial charge in [0.25, 0.3) is 11.6 Å². The first-order valence-electron chi connectivity index (χ1n) is 9.20. The topological polar surface area (TPSA) is 94.7 Å². The van der Waals surface area contributed by atoms with Crippen molar-refractivity contribution in [3.05, 3.63) is 93.3 Å². The molecule has 0 unspecified atom stereocenters. The van der Waals surface area contributed by atoms with Crippen LogP contribution in [0.5, 0.6) is 5.75 Å². The van der Waals surface area contributed by atoms with E-state index in [9.17, 15) is 19.7 Å². The summed E-state index contributed by atoms with van der Waals surface area (Å²) in [6, 6.07) is 15.7. The minimum absolute atomic E-state index is 0.112. The highest BCUT2D eigenvalue weighted by Gasteiger charge is 2.24. The molecule has 1 amide bonds. The predicted molar refractivity (Wildman–Crippen MR) is 112 cm³/mol. The van der Waals surface area contributed by atoms with Crippen molar-refractivity contribution in [2.24, 2.45) is 0 Å². The van der Waals surface area contributed by atoms with Crippen LogP contribution in [-0.2, 0) is 0 Å². The number of nitro groups is 1. The summed E-state index contributed by atoms with van der Waals surface area (Å²) in [6.07, 6.45) is 0. The van der Waals surface area contributed by atoms with Gasteiger partial charge in [-0.25, -0.2) is 5.01 Å². The maximum absolute atomic E-state index is 13.3. The molecule has 8 heteroatoms. The summed E-state index contributed by atoms with van der Waals surface area (Å²) in [6.45, 7) is 3.46. The second-order valence-electron chi connectivity index (χ2n) is 6.75. The average molecular weight is 407 g/mol. The lowest BCUT2D eigenvalue weighted by atomic mass is 10.1. The van der Waals surface area contributed by atoms with Gasteiger partial charge in [0.1, 0.15) is 12.3 Å². The molecular weight excluding hydrogens is 386 g/mol. The van der Waals surface area contributed by atoms with Crippen molar-refractivity contribution in [1.29, 1.82) is 0 Å². The number of aromatic nitrogens is 1. The third-order valence-electron chi connectivity index (χ3n) is 4.72. The largest absolute Gasteiger partial charge is 0.497 e. The van der Waals surface area contributed by atoms with Crippen molar-refractivity contribution >= 4 is 17.4 Å². The highest BCUT2D eigenvalue weighted by molar-refractivity contribution is 6.08. The molecule has 0 bridgehead atoms. The van der Waals surface area contributed by atoms with Crippen LogP contribution >= 0.6 is 0 Å². The smallest absolute Gasteiger partial charge is 0.273 e. The van der Waals surface area contributed by atoms with Crippen molar-refractivity contribution in [1.82, 2.24) is 4.68 Å². The highest BCUT2D eigenvalue weighted by Crippen LogP contribution is 2.18. The molecule has 3 aromatic rings. The number of ether oxygens (including phenoxy) is 1. The summed E-state index contributed by atoms with van der Waals surface area (Å²) < 4.78 is 6.84. The van der Waals surface area contributed by atoms with Crippen LogP contribution in [0, 0.1) is 24.0 Å². The SMILES string of the molecule is COc1cccc(C(=O)CN(C(=O)c2ccc([N+](=O)[O-])cc2)n2c(C)ccc2C)c1. The Bertz CT molecular complexity index is 1080. The van der Waals surface area contributed by atoms with Crippen LogP contribution < -0.4 is 9.75 Å². The van der Waals surface area contributed by atoms with Gasteiger partial charge in [-0.2, -0.15) is 0 Å². The van der Waals surface area contributed by atoms with Crippen molar-refractivity contribution in [2.75, 3.05) is 18.7 Å². The van der Waals surface area contributed by atoms with Gasteiger partial charge in [0.05, 0.1) is 12.0 Å². The van der Waals surface area contributed by atoms with Gasteiger partial charge in [-0.3, -0.25) is 24.4 Å². The van der Waals surface area contributed by atoms with E-state index in [4.69, 9.17) is 4.74 Å². The molecule has 0 radical (unpaired) electrons. The normalized spacial score (nSPS) is 10.5. The molecule has 0 saturated carbocycles. The van der Waals surface area contributed by atoms with Crippen molar-refractivity contribution in [3.63, 3.8) is 0 Å². The van der Waals surface area contributed by atoms with Crippen molar-refractivity contribution < 1.29 is 19.2 Å². The number of nitro benzene ring substituents is 1. The number of non-ortho nitro benzene ring substituents is 1. The summed E-state index contributed by atoms with van der Waals surface area (Å²) in [5, 5.41) is 12.2. The summed E-state index contributed by atoms with van der Waals surface area (Å²) in [7, 11) is 1.51. The van der Waals surface area contributed by atoms with E-state index < -0.39 is 10.8 Å². The molecule has 3 rings (SSSR count). The Morgan fingerprint density at radius 2 is 1.63 bits per heavy atom. The molecule has 0 N–H and O–H groups in total. The lowest BCUT2D eigenvalue weighted by Crippen LogP contribution is -2.45. The number of methoxy groups -OCH3 is 1. The molecule has 8 nitrogen and oxygen atoms in total. The molecule has 0 atom stereocenters. The molecule has 154 valence electrons. The number of hydrogen-bond acceptors (Lipinski definition) is 5. The number of hydrogen-bond donors (Lipinski definition) is 0. The lowest BCUT2D eigenvalue weighted by Gasteiger charge is -2.26. The zero-order chi connectivity index (χ0) is 21.8. The number of nitrogens with zero attached hydrogens (tertiary/aromatic N) is 3. The second kappa shape index (κ2) is 8.60. The van der Waals surface area contributed by atoms with Crippen LogP contribution in [0.1, 0.15) is 32.1 Å². The van der Waals surface area contributed by atoms with Gasteiger partial charge in [-0.1, -0.05) is 12.1 Å². The number of Topliss-reactive ketones (excluding diaryl/α,β-unsaturated/α-hetero) is 1. The van der Waals surface area contributed by atoms with Gasteiger partial charge in [0.2, 0.25) is 0 Å². The van der Waals surface area contributed by atoms with E-state index in [2.05, 4.69) is 0 Å². The first-order valence-corrected chi connectivity index (χ1v) is 9.20. The Balaban J connectivity index is 1.97. The number of carbonyl (C=O) groups is 2. The zero-order valence-corrected chi connectivity index (χ0v) is 16.9. The Morgan fingerprint density at radius 3 is 2.20 bits per heavy atom. The summed E-state index contributed by atoms with van der Waals surface area (Å²) in [5.41, 5.74) is 2.10. The molecule has 0 fully saturated rings. The van der Waals surface area contributed by atoms with E-state index in [1.165, 1.54) is 36.4 Å². The van der Waals surface area contributed by atoms with Crippen LogP contribution in [0.25, 0.3) is 0 Å². The molecule has 30 heavy (non-hydrogen) atoms. The molecule has 0 aliphatic carbocycles. The number of aryl methyl sites for hydroxylation is 2. The Labute approximate surface area is 173 Å².